The highest BCUT2D eigenvalue weighted by Crippen LogP contribution is 2.29. The fraction of sp³-hybridized carbons (Fsp3) is 0.450. The molecule has 2 aromatic rings. The van der Waals surface area contributed by atoms with Gasteiger partial charge in [0.2, 0.25) is 5.91 Å². The average Bonchev–Trinajstić information content (AvgIpc) is 3.15. The molecule has 1 aliphatic rings. The van der Waals surface area contributed by atoms with Crippen molar-refractivity contribution in [1.82, 2.24) is 14.5 Å². The van der Waals surface area contributed by atoms with E-state index in [0.717, 1.165) is 37.1 Å². The van der Waals surface area contributed by atoms with Gasteiger partial charge in [0, 0.05) is 36.1 Å². The summed E-state index contributed by atoms with van der Waals surface area (Å²) >= 11 is 1.33. The molecule has 150 valence electrons. The predicted octanol–water partition coefficient (Wildman–Crippen LogP) is 2.03. The van der Waals surface area contributed by atoms with E-state index in [-0.39, 0.29) is 17.3 Å². The van der Waals surface area contributed by atoms with Crippen molar-refractivity contribution in [3.8, 4) is 5.75 Å². The Morgan fingerprint density at radius 3 is 2.93 bits per heavy atom. The maximum atomic E-state index is 12.5. The van der Waals surface area contributed by atoms with Crippen molar-refractivity contribution >= 4 is 23.4 Å². The van der Waals surface area contributed by atoms with Crippen LogP contribution in [0.2, 0.25) is 0 Å². The molecule has 0 saturated carbocycles. The number of hydrogen-bond acceptors (Lipinski definition) is 6. The smallest absolute Gasteiger partial charge is 0.348 e. The number of thioether (sulfide) groups is 1. The van der Waals surface area contributed by atoms with Gasteiger partial charge in [-0.1, -0.05) is 17.8 Å². The fourth-order valence-corrected chi connectivity index (χ4v) is 4.14. The van der Waals surface area contributed by atoms with Crippen LogP contribution in [-0.2, 0) is 24.2 Å². The van der Waals surface area contributed by atoms with Crippen LogP contribution in [0.15, 0.2) is 34.1 Å². The highest BCUT2D eigenvalue weighted by Gasteiger charge is 2.22. The van der Waals surface area contributed by atoms with E-state index < -0.39 is 0 Å². The molecule has 28 heavy (non-hydrogen) atoms. The topological polar surface area (TPSA) is 76.5 Å². The SMILES string of the molecule is COc1cccc(NC(=O)CSc2nc(=O)n(CCN(C)C)c3c2CCC3)c1. The molecule has 1 aromatic carbocycles. The molecular weight excluding hydrogens is 376 g/mol. The number of likely N-dealkylation sites (N-methyl/N-ethyl adjacent to an activating group) is 1. The Morgan fingerprint density at radius 2 is 2.18 bits per heavy atom. The zero-order valence-electron chi connectivity index (χ0n) is 16.5. The Kier molecular flexibility index (Phi) is 6.74. The molecule has 0 saturated heterocycles. The first kappa shape index (κ1) is 20.4. The summed E-state index contributed by atoms with van der Waals surface area (Å²) in [5.74, 6) is 0.757. The lowest BCUT2D eigenvalue weighted by atomic mass is 10.2. The van der Waals surface area contributed by atoms with Gasteiger partial charge < -0.3 is 15.0 Å². The van der Waals surface area contributed by atoms with Crippen LogP contribution < -0.4 is 15.7 Å². The molecule has 3 rings (SSSR count). The van der Waals surface area contributed by atoms with Crippen LogP contribution in [0.1, 0.15) is 17.7 Å². The van der Waals surface area contributed by atoms with Gasteiger partial charge in [-0.2, -0.15) is 4.98 Å². The van der Waals surface area contributed by atoms with Crippen molar-refractivity contribution in [2.75, 3.05) is 38.8 Å². The van der Waals surface area contributed by atoms with E-state index in [1.807, 2.05) is 32.3 Å². The normalized spacial score (nSPS) is 12.9. The van der Waals surface area contributed by atoms with E-state index >= 15 is 0 Å². The van der Waals surface area contributed by atoms with Crippen LogP contribution >= 0.6 is 11.8 Å². The Bertz CT molecular complexity index is 911. The van der Waals surface area contributed by atoms with E-state index in [4.69, 9.17) is 4.74 Å². The number of rotatable bonds is 8. The first-order valence-corrected chi connectivity index (χ1v) is 10.3. The van der Waals surface area contributed by atoms with Gasteiger partial charge >= 0.3 is 5.69 Å². The summed E-state index contributed by atoms with van der Waals surface area (Å²) in [5, 5.41) is 3.55. The van der Waals surface area contributed by atoms with Gasteiger partial charge in [-0.15, -0.1) is 0 Å². The van der Waals surface area contributed by atoms with Crippen LogP contribution in [0.25, 0.3) is 0 Å². The number of aromatic nitrogens is 2. The fourth-order valence-electron chi connectivity index (χ4n) is 3.27. The summed E-state index contributed by atoms with van der Waals surface area (Å²) < 4.78 is 6.96. The van der Waals surface area contributed by atoms with Gasteiger partial charge in [0.05, 0.1) is 12.9 Å². The molecule has 1 N–H and O–H groups in total. The minimum Gasteiger partial charge on any atom is -0.497 e. The number of nitrogens with one attached hydrogen (secondary N) is 1. The minimum atomic E-state index is -0.224. The summed E-state index contributed by atoms with van der Waals surface area (Å²) in [6, 6.07) is 7.23. The molecule has 1 aromatic heterocycles. The average molecular weight is 403 g/mol. The van der Waals surface area contributed by atoms with Gasteiger partial charge in [0.1, 0.15) is 10.8 Å². The quantitative estimate of drug-likeness (QED) is 0.538. The molecule has 0 bridgehead atoms. The standard InChI is InChI=1S/C20H26N4O3S/c1-23(2)10-11-24-17-9-5-8-16(17)19(22-20(24)26)28-13-18(25)21-14-6-4-7-15(12-14)27-3/h4,6-7,12H,5,8-11,13H2,1-3H3,(H,21,25). The number of benzene rings is 1. The third-order valence-corrected chi connectivity index (χ3v) is 5.68. The van der Waals surface area contributed by atoms with Crippen LogP contribution in [0.5, 0.6) is 5.75 Å². The zero-order valence-corrected chi connectivity index (χ0v) is 17.3. The summed E-state index contributed by atoms with van der Waals surface area (Å²) in [6.45, 7) is 1.44. The van der Waals surface area contributed by atoms with E-state index in [2.05, 4.69) is 15.2 Å². The van der Waals surface area contributed by atoms with Crippen molar-refractivity contribution in [2.45, 2.75) is 30.8 Å². The van der Waals surface area contributed by atoms with Crippen molar-refractivity contribution in [2.24, 2.45) is 0 Å². The summed E-state index contributed by atoms with van der Waals surface area (Å²) in [5.41, 5.74) is 2.66. The zero-order chi connectivity index (χ0) is 20.1. The van der Waals surface area contributed by atoms with Gasteiger partial charge in [0.25, 0.3) is 0 Å². The second kappa shape index (κ2) is 9.25. The number of methoxy groups -OCH3 is 1. The minimum absolute atomic E-state index is 0.136. The number of ether oxygens (including phenoxy) is 1. The number of amides is 1. The highest BCUT2D eigenvalue weighted by atomic mass is 32.2. The second-order valence-corrected chi connectivity index (χ2v) is 7.97. The molecular formula is C20H26N4O3S. The Balaban J connectivity index is 1.69. The molecule has 0 fully saturated rings. The summed E-state index contributed by atoms with van der Waals surface area (Å²) in [6.07, 6.45) is 2.82. The third kappa shape index (κ3) is 4.94. The van der Waals surface area contributed by atoms with Gasteiger partial charge in [0.15, 0.2) is 0 Å². The van der Waals surface area contributed by atoms with E-state index in [9.17, 15) is 9.59 Å². The second-order valence-electron chi connectivity index (χ2n) is 7.00. The van der Waals surface area contributed by atoms with Crippen LogP contribution in [0, 0.1) is 0 Å². The lowest BCUT2D eigenvalue weighted by Crippen LogP contribution is -2.31. The monoisotopic (exact) mass is 402 g/mol. The van der Waals surface area contributed by atoms with Crippen LogP contribution in [-0.4, -0.2) is 53.9 Å². The van der Waals surface area contributed by atoms with Crippen molar-refractivity contribution in [1.29, 1.82) is 0 Å². The largest absolute Gasteiger partial charge is 0.497 e. The Labute approximate surface area is 169 Å². The van der Waals surface area contributed by atoms with E-state index in [1.54, 1.807) is 17.7 Å². The van der Waals surface area contributed by atoms with E-state index in [0.29, 0.717) is 23.0 Å². The molecule has 7 nitrogen and oxygen atoms in total. The van der Waals surface area contributed by atoms with Gasteiger partial charge in [-0.25, -0.2) is 4.79 Å². The Hall–Kier alpha value is -2.32. The maximum Gasteiger partial charge on any atom is 0.348 e. The first-order valence-electron chi connectivity index (χ1n) is 9.32. The molecule has 0 unspecified atom stereocenters. The lowest BCUT2D eigenvalue weighted by molar-refractivity contribution is -0.113. The maximum absolute atomic E-state index is 12.5. The predicted molar refractivity (Wildman–Crippen MR) is 111 cm³/mol. The molecule has 1 amide bonds. The van der Waals surface area contributed by atoms with E-state index in [1.165, 1.54) is 11.8 Å². The molecule has 8 heteroatoms. The first-order chi connectivity index (χ1) is 13.5. The summed E-state index contributed by atoms with van der Waals surface area (Å²) in [4.78, 5) is 31.2. The Morgan fingerprint density at radius 1 is 1.36 bits per heavy atom. The third-order valence-electron chi connectivity index (χ3n) is 4.67. The number of carbonyl (C=O) groups excluding carboxylic acids is 1. The van der Waals surface area contributed by atoms with Crippen LogP contribution in [0.4, 0.5) is 5.69 Å². The van der Waals surface area contributed by atoms with Crippen molar-refractivity contribution in [3.63, 3.8) is 0 Å². The molecule has 0 spiro atoms. The molecule has 0 aliphatic heterocycles. The van der Waals surface area contributed by atoms with Gasteiger partial charge in [-0.3, -0.25) is 9.36 Å². The lowest BCUT2D eigenvalue weighted by Gasteiger charge is -2.16. The summed E-state index contributed by atoms with van der Waals surface area (Å²) in [7, 11) is 5.57. The van der Waals surface area contributed by atoms with Gasteiger partial charge in [-0.05, 0) is 45.5 Å². The van der Waals surface area contributed by atoms with Crippen LogP contribution in [0.3, 0.4) is 0 Å². The molecule has 0 radical (unpaired) electrons. The molecule has 1 heterocycles. The number of anilines is 1. The number of hydrogen-bond donors (Lipinski definition) is 1. The number of fused-ring (bicyclic) bond motifs is 1. The molecule has 1 aliphatic carbocycles. The number of nitrogens with zero attached hydrogens (tertiary/aromatic N) is 3. The molecule has 0 atom stereocenters. The van der Waals surface area contributed by atoms with Crippen molar-refractivity contribution in [3.05, 3.63) is 46.0 Å². The van der Waals surface area contributed by atoms with Crippen molar-refractivity contribution < 1.29 is 9.53 Å². The highest BCUT2D eigenvalue weighted by molar-refractivity contribution is 8.00. The number of carbonyl (C=O) groups is 1.